The summed E-state index contributed by atoms with van der Waals surface area (Å²) in [5.74, 6) is 0.0977. The van der Waals surface area contributed by atoms with Crippen LogP contribution in [0.1, 0.15) is 34.6 Å². The van der Waals surface area contributed by atoms with E-state index in [1.807, 2.05) is 6.92 Å². The highest BCUT2D eigenvalue weighted by atomic mass is 35.5. The van der Waals surface area contributed by atoms with Crippen molar-refractivity contribution in [2.24, 2.45) is 10.2 Å². The second kappa shape index (κ2) is 13.7. The Morgan fingerprint density at radius 1 is 0.886 bits per heavy atom. The number of carbonyl (C=O) groups excluding carboxylic acids is 2. The first kappa shape index (κ1) is 28.2. The Kier molecular flexibility index (Phi) is 11.1. The van der Waals surface area contributed by atoms with Crippen LogP contribution in [-0.2, 0) is 9.59 Å². The monoisotopic (exact) mass is 525 g/mol. The van der Waals surface area contributed by atoms with Gasteiger partial charge < -0.3 is 24.3 Å². The zero-order chi connectivity index (χ0) is 26.0. The van der Waals surface area contributed by atoms with Gasteiger partial charge in [-0.3, -0.25) is 9.59 Å². The van der Waals surface area contributed by atoms with Crippen LogP contribution in [0.25, 0.3) is 0 Å². The number of nitrogens with one attached hydrogen (secondary N) is 1. The summed E-state index contributed by atoms with van der Waals surface area (Å²) in [6.45, 7) is 9.88. The molecule has 2 aromatic carbocycles. The van der Waals surface area contributed by atoms with Gasteiger partial charge in [-0.2, -0.15) is 10.2 Å². The van der Waals surface area contributed by atoms with Crippen molar-refractivity contribution in [2.75, 3.05) is 31.7 Å². The van der Waals surface area contributed by atoms with E-state index in [0.717, 1.165) is 0 Å². The van der Waals surface area contributed by atoms with Crippen LogP contribution in [0.5, 0.6) is 23.0 Å². The molecule has 0 radical (unpaired) electrons. The summed E-state index contributed by atoms with van der Waals surface area (Å²) >= 11 is 12.6. The van der Waals surface area contributed by atoms with Gasteiger partial charge in [-0.1, -0.05) is 23.2 Å². The summed E-state index contributed by atoms with van der Waals surface area (Å²) in [5.41, 5.74) is 0.455. The Labute approximate surface area is 214 Å². The van der Waals surface area contributed by atoms with E-state index in [-0.39, 0.29) is 22.1 Å². The summed E-state index contributed by atoms with van der Waals surface area (Å²) in [7, 11) is 0. The van der Waals surface area contributed by atoms with Gasteiger partial charge in [-0.05, 0) is 46.8 Å². The number of amides is 1. The lowest BCUT2D eigenvalue weighted by Gasteiger charge is -2.17. The van der Waals surface area contributed by atoms with E-state index in [1.54, 1.807) is 45.0 Å². The summed E-state index contributed by atoms with van der Waals surface area (Å²) in [4.78, 5) is 25.3. The summed E-state index contributed by atoms with van der Waals surface area (Å²) in [6.07, 6.45) is 0. The van der Waals surface area contributed by atoms with Gasteiger partial charge >= 0.3 is 0 Å². The molecular weight excluding hydrogens is 497 g/mol. The van der Waals surface area contributed by atoms with Crippen molar-refractivity contribution in [3.8, 4) is 23.0 Å². The van der Waals surface area contributed by atoms with E-state index in [2.05, 4.69) is 15.5 Å². The molecule has 11 heteroatoms. The number of hydrogen-bond donors (Lipinski definition) is 1. The molecule has 0 aromatic heterocycles. The van der Waals surface area contributed by atoms with Crippen molar-refractivity contribution >= 4 is 46.3 Å². The molecule has 0 saturated heterocycles. The molecule has 0 fully saturated rings. The van der Waals surface area contributed by atoms with E-state index in [4.69, 9.17) is 42.1 Å². The zero-order valence-corrected chi connectivity index (χ0v) is 21.8. The average Bonchev–Trinajstić information content (AvgIpc) is 2.80. The highest BCUT2D eigenvalue weighted by Gasteiger charge is 2.26. The summed E-state index contributed by atoms with van der Waals surface area (Å²) in [5, 5.41) is 11.2. The van der Waals surface area contributed by atoms with Crippen molar-refractivity contribution in [1.29, 1.82) is 0 Å². The van der Waals surface area contributed by atoms with E-state index in [9.17, 15) is 9.59 Å². The summed E-state index contributed by atoms with van der Waals surface area (Å²) < 4.78 is 22.3. The van der Waals surface area contributed by atoms with Gasteiger partial charge in [-0.15, -0.1) is 0 Å². The van der Waals surface area contributed by atoms with Crippen LogP contribution in [0.2, 0.25) is 10.0 Å². The van der Waals surface area contributed by atoms with Gasteiger partial charge in [0.25, 0.3) is 5.91 Å². The van der Waals surface area contributed by atoms with Crippen molar-refractivity contribution in [3.63, 3.8) is 0 Å². The zero-order valence-electron chi connectivity index (χ0n) is 20.3. The molecule has 0 aliphatic rings. The first-order chi connectivity index (χ1) is 16.8. The SMILES string of the molecule is CCOc1cc(Cl)c(NC(=O)C(N=Nc2ccc(Cl)c(OCC)c2OCC)C(C)=O)c(OCC)c1. The maximum Gasteiger partial charge on any atom is 0.258 e. The quantitative estimate of drug-likeness (QED) is 0.244. The van der Waals surface area contributed by atoms with E-state index < -0.39 is 17.7 Å². The molecule has 1 atom stereocenters. The van der Waals surface area contributed by atoms with Crippen LogP contribution in [0.15, 0.2) is 34.5 Å². The minimum atomic E-state index is -1.45. The third kappa shape index (κ3) is 7.47. The third-order valence-electron chi connectivity index (χ3n) is 4.42. The first-order valence-electron chi connectivity index (χ1n) is 11.2. The molecule has 0 saturated carbocycles. The topological polar surface area (TPSA) is 108 Å². The van der Waals surface area contributed by atoms with Crippen LogP contribution < -0.4 is 24.3 Å². The van der Waals surface area contributed by atoms with Crippen LogP contribution in [0, 0.1) is 0 Å². The fourth-order valence-electron chi connectivity index (χ4n) is 3.00. The smallest absolute Gasteiger partial charge is 0.258 e. The number of azo groups is 1. The van der Waals surface area contributed by atoms with Crippen LogP contribution >= 0.6 is 23.2 Å². The first-order valence-corrected chi connectivity index (χ1v) is 11.9. The molecule has 190 valence electrons. The Balaban J connectivity index is 2.39. The minimum Gasteiger partial charge on any atom is -0.494 e. The maximum absolute atomic E-state index is 13.0. The number of carbonyl (C=O) groups is 2. The van der Waals surface area contributed by atoms with Gasteiger partial charge in [0.2, 0.25) is 6.04 Å². The van der Waals surface area contributed by atoms with Crippen LogP contribution in [-0.4, -0.2) is 44.2 Å². The number of rotatable bonds is 13. The Hall–Kier alpha value is -3.04. The molecule has 1 amide bonds. The molecule has 0 aliphatic carbocycles. The molecule has 0 aliphatic heterocycles. The maximum atomic E-state index is 13.0. The highest BCUT2D eigenvalue weighted by molar-refractivity contribution is 6.34. The molecule has 0 spiro atoms. The number of hydrogen-bond acceptors (Lipinski definition) is 8. The van der Waals surface area contributed by atoms with Crippen molar-refractivity contribution in [2.45, 2.75) is 40.7 Å². The van der Waals surface area contributed by atoms with Gasteiger partial charge in [0.15, 0.2) is 17.3 Å². The molecule has 2 rings (SSSR count). The highest BCUT2D eigenvalue weighted by Crippen LogP contribution is 2.43. The lowest BCUT2D eigenvalue weighted by atomic mass is 10.2. The Bertz CT molecular complexity index is 1080. The number of ether oxygens (including phenoxy) is 4. The number of benzene rings is 2. The molecular formula is C24H29Cl2N3O6. The Morgan fingerprint density at radius 3 is 2.11 bits per heavy atom. The molecule has 35 heavy (non-hydrogen) atoms. The number of nitrogens with zero attached hydrogens (tertiary/aromatic N) is 2. The largest absolute Gasteiger partial charge is 0.494 e. The van der Waals surface area contributed by atoms with Crippen molar-refractivity contribution in [3.05, 3.63) is 34.3 Å². The van der Waals surface area contributed by atoms with Gasteiger partial charge in [0, 0.05) is 12.1 Å². The molecule has 2 aromatic rings. The molecule has 0 bridgehead atoms. The number of Topliss-reactive ketones (excluding diaryl/α,β-unsaturated/α-hetero) is 1. The number of anilines is 1. The fourth-order valence-corrected chi connectivity index (χ4v) is 3.45. The standard InChI is InChI=1S/C24H29Cl2N3O6/c1-6-32-15-12-17(26)21(19(13-15)33-7-2)27-24(31)20(14(5)30)29-28-18-11-10-16(25)22(34-8-3)23(18)35-9-4/h10-13,20H,6-9H2,1-5H3,(H,27,31). The predicted octanol–water partition coefficient (Wildman–Crippen LogP) is 6.27. The average molecular weight is 526 g/mol. The van der Waals surface area contributed by atoms with Gasteiger partial charge in [0.1, 0.15) is 22.9 Å². The lowest BCUT2D eigenvalue weighted by Crippen LogP contribution is -2.32. The fraction of sp³-hybridized carbons (Fsp3) is 0.417. The van der Waals surface area contributed by atoms with E-state index in [1.165, 1.54) is 6.92 Å². The second-order valence-corrected chi connectivity index (χ2v) is 7.77. The van der Waals surface area contributed by atoms with Gasteiger partial charge in [0.05, 0.1) is 36.5 Å². The van der Waals surface area contributed by atoms with Crippen LogP contribution in [0.4, 0.5) is 11.4 Å². The van der Waals surface area contributed by atoms with Crippen molar-refractivity contribution in [1.82, 2.24) is 0 Å². The molecule has 1 unspecified atom stereocenters. The third-order valence-corrected chi connectivity index (χ3v) is 5.02. The van der Waals surface area contributed by atoms with E-state index >= 15 is 0 Å². The van der Waals surface area contributed by atoms with Crippen molar-refractivity contribution < 1.29 is 28.5 Å². The lowest BCUT2D eigenvalue weighted by molar-refractivity contribution is -0.126. The van der Waals surface area contributed by atoms with Crippen LogP contribution in [0.3, 0.4) is 0 Å². The molecule has 0 heterocycles. The molecule has 1 N–H and O–H groups in total. The summed E-state index contributed by atoms with van der Waals surface area (Å²) in [6, 6.07) is 4.83. The number of ketones is 1. The van der Waals surface area contributed by atoms with Gasteiger partial charge in [-0.25, -0.2) is 0 Å². The minimum absolute atomic E-state index is 0.185. The Morgan fingerprint density at radius 2 is 1.51 bits per heavy atom. The predicted molar refractivity (Wildman–Crippen MR) is 135 cm³/mol. The second-order valence-electron chi connectivity index (χ2n) is 6.95. The van der Waals surface area contributed by atoms with E-state index in [0.29, 0.717) is 48.7 Å². The molecule has 9 nitrogen and oxygen atoms in total. The number of halogens is 2. The normalized spacial score (nSPS) is 11.7.